The van der Waals surface area contributed by atoms with E-state index >= 15 is 0 Å². The Morgan fingerprint density at radius 1 is 1.07 bits per heavy atom. The molecule has 1 atom stereocenters. The number of benzene rings is 3. The smallest absolute Gasteiger partial charge is 0.260 e. The summed E-state index contributed by atoms with van der Waals surface area (Å²) in [5, 5.41) is 7.82. The van der Waals surface area contributed by atoms with Gasteiger partial charge in [0, 0.05) is 5.39 Å². The molecule has 0 spiro atoms. The van der Waals surface area contributed by atoms with Crippen LogP contribution in [0, 0.1) is 5.82 Å². The lowest BCUT2D eigenvalue weighted by molar-refractivity contribution is -0.116. The van der Waals surface area contributed by atoms with E-state index < -0.39 is 5.50 Å². The lowest BCUT2D eigenvalue weighted by Gasteiger charge is -2.13. The number of hydrogen-bond donors (Lipinski definition) is 2. The summed E-state index contributed by atoms with van der Waals surface area (Å²) in [4.78, 5) is 12.9. The minimum atomic E-state index is -0.426. The Bertz CT molecular complexity index is 1050. The maximum atomic E-state index is 13.8. The van der Waals surface area contributed by atoms with Gasteiger partial charge in [0.2, 0.25) is 0 Å². The Morgan fingerprint density at radius 3 is 2.59 bits per heavy atom. The zero-order valence-corrected chi connectivity index (χ0v) is 15.3. The fraction of sp³-hybridized carbons (Fsp3) is 0.0952. The third-order valence-electron chi connectivity index (χ3n) is 4.32. The van der Waals surface area contributed by atoms with Gasteiger partial charge in [0.1, 0.15) is 11.6 Å². The molecule has 136 valence electrons. The monoisotopic (exact) mass is 380 g/mol. The molecule has 27 heavy (non-hydrogen) atoms. The van der Waals surface area contributed by atoms with E-state index in [1.54, 1.807) is 25.3 Å². The molecule has 1 aliphatic rings. The van der Waals surface area contributed by atoms with Crippen LogP contribution in [0.1, 0.15) is 5.56 Å². The van der Waals surface area contributed by atoms with Crippen molar-refractivity contribution in [3.8, 4) is 5.75 Å². The Hall–Kier alpha value is -2.99. The standard InChI is InChI=1S/C21H17FN2O2S/c1-26-18-11-10-13(14-6-2-3-7-15(14)18)12-19-20(25)24-21(27-19)23-17-9-5-4-8-16(17)22/h2-12,21,23H,1H3,(H,24,25)/b19-12-. The summed E-state index contributed by atoms with van der Waals surface area (Å²) >= 11 is 1.33. The number of para-hydroxylation sites is 1. The lowest BCUT2D eigenvalue weighted by Crippen LogP contribution is -2.31. The predicted molar refractivity (Wildman–Crippen MR) is 108 cm³/mol. The predicted octanol–water partition coefficient (Wildman–Crippen LogP) is 4.59. The third kappa shape index (κ3) is 3.48. The van der Waals surface area contributed by atoms with Crippen LogP contribution in [-0.4, -0.2) is 18.5 Å². The highest BCUT2D eigenvalue weighted by molar-refractivity contribution is 8.05. The van der Waals surface area contributed by atoms with Gasteiger partial charge in [-0.15, -0.1) is 0 Å². The van der Waals surface area contributed by atoms with Crippen LogP contribution in [0.4, 0.5) is 10.1 Å². The van der Waals surface area contributed by atoms with Crippen molar-refractivity contribution in [2.75, 3.05) is 12.4 Å². The summed E-state index contributed by atoms with van der Waals surface area (Å²) in [5.41, 5.74) is 0.854. The molecule has 3 aromatic carbocycles. The van der Waals surface area contributed by atoms with E-state index in [4.69, 9.17) is 4.74 Å². The number of thioether (sulfide) groups is 1. The number of carbonyl (C=O) groups excluding carboxylic acids is 1. The largest absolute Gasteiger partial charge is 0.496 e. The first-order valence-electron chi connectivity index (χ1n) is 8.42. The highest BCUT2D eigenvalue weighted by Gasteiger charge is 2.27. The van der Waals surface area contributed by atoms with E-state index in [9.17, 15) is 9.18 Å². The molecule has 3 aromatic rings. The minimum absolute atomic E-state index is 0.186. The maximum absolute atomic E-state index is 13.8. The van der Waals surface area contributed by atoms with E-state index in [0.29, 0.717) is 10.6 Å². The van der Waals surface area contributed by atoms with Gasteiger partial charge in [-0.25, -0.2) is 4.39 Å². The second-order valence-electron chi connectivity index (χ2n) is 6.01. The zero-order valence-electron chi connectivity index (χ0n) is 14.5. The van der Waals surface area contributed by atoms with Gasteiger partial charge in [-0.3, -0.25) is 4.79 Å². The molecular weight excluding hydrogens is 363 g/mol. The van der Waals surface area contributed by atoms with Crippen LogP contribution in [0.15, 0.2) is 65.6 Å². The van der Waals surface area contributed by atoms with Crippen LogP contribution in [0.3, 0.4) is 0 Å². The molecule has 1 heterocycles. The van der Waals surface area contributed by atoms with Crippen LogP contribution in [0.25, 0.3) is 16.8 Å². The number of carbonyl (C=O) groups is 1. The van der Waals surface area contributed by atoms with Crippen LogP contribution >= 0.6 is 11.8 Å². The van der Waals surface area contributed by atoms with E-state index in [0.717, 1.165) is 22.1 Å². The molecule has 0 bridgehead atoms. The Kier molecular flexibility index (Phi) is 4.73. The van der Waals surface area contributed by atoms with E-state index in [2.05, 4.69) is 10.6 Å². The number of hydrogen-bond acceptors (Lipinski definition) is 4. The summed E-state index contributed by atoms with van der Waals surface area (Å²) in [6, 6.07) is 18.1. The van der Waals surface area contributed by atoms with Crippen molar-refractivity contribution in [3.05, 3.63) is 76.9 Å². The number of halogens is 1. The molecule has 4 nitrogen and oxygen atoms in total. The average Bonchev–Trinajstić information content (AvgIpc) is 3.03. The number of anilines is 1. The molecule has 1 aliphatic heterocycles. The van der Waals surface area contributed by atoms with Crippen molar-refractivity contribution in [3.63, 3.8) is 0 Å². The molecule has 0 aromatic heterocycles. The number of ether oxygens (including phenoxy) is 1. The minimum Gasteiger partial charge on any atom is -0.496 e. The molecule has 1 unspecified atom stereocenters. The topological polar surface area (TPSA) is 50.4 Å². The van der Waals surface area contributed by atoms with Crippen LogP contribution in [-0.2, 0) is 4.79 Å². The SMILES string of the molecule is COc1ccc(/C=C2\SC(Nc3ccccc3F)NC2=O)c2ccccc12. The molecule has 1 fully saturated rings. The number of rotatable bonds is 4. The summed E-state index contributed by atoms with van der Waals surface area (Å²) in [7, 11) is 1.64. The number of methoxy groups -OCH3 is 1. The number of fused-ring (bicyclic) bond motifs is 1. The molecule has 6 heteroatoms. The number of nitrogens with one attached hydrogen (secondary N) is 2. The molecule has 1 amide bonds. The normalized spacial score (nSPS) is 17.9. The van der Waals surface area contributed by atoms with Gasteiger partial charge < -0.3 is 15.4 Å². The highest BCUT2D eigenvalue weighted by Crippen LogP contribution is 2.34. The first kappa shape index (κ1) is 17.4. The molecule has 0 radical (unpaired) electrons. The van der Waals surface area contributed by atoms with Crippen molar-refractivity contribution < 1.29 is 13.9 Å². The Labute approximate surface area is 160 Å². The fourth-order valence-corrected chi connectivity index (χ4v) is 3.99. The summed E-state index contributed by atoms with van der Waals surface area (Å²) < 4.78 is 19.2. The molecule has 0 saturated carbocycles. The van der Waals surface area contributed by atoms with E-state index in [-0.39, 0.29) is 11.7 Å². The van der Waals surface area contributed by atoms with Gasteiger partial charge in [-0.2, -0.15) is 0 Å². The van der Waals surface area contributed by atoms with E-state index in [1.807, 2.05) is 42.5 Å². The van der Waals surface area contributed by atoms with Crippen LogP contribution in [0.2, 0.25) is 0 Å². The van der Waals surface area contributed by atoms with E-state index in [1.165, 1.54) is 17.8 Å². The molecular formula is C21H17FN2O2S. The van der Waals surface area contributed by atoms with Gasteiger partial charge in [-0.05, 0) is 35.2 Å². The van der Waals surface area contributed by atoms with Crippen molar-refractivity contribution in [1.82, 2.24) is 5.32 Å². The van der Waals surface area contributed by atoms with Crippen LogP contribution in [0.5, 0.6) is 5.75 Å². The van der Waals surface area contributed by atoms with Crippen molar-refractivity contribution in [1.29, 1.82) is 0 Å². The second kappa shape index (κ2) is 7.32. The zero-order chi connectivity index (χ0) is 18.8. The summed E-state index contributed by atoms with van der Waals surface area (Å²) in [5.74, 6) is 0.245. The second-order valence-corrected chi connectivity index (χ2v) is 7.15. The van der Waals surface area contributed by atoms with Crippen molar-refractivity contribution in [2.24, 2.45) is 0 Å². The quantitative estimate of drug-likeness (QED) is 0.650. The van der Waals surface area contributed by atoms with Gasteiger partial charge in [0.05, 0.1) is 17.7 Å². The number of amides is 1. The van der Waals surface area contributed by atoms with Gasteiger partial charge in [0.15, 0.2) is 5.50 Å². The Morgan fingerprint density at radius 2 is 1.81 bits per heavy atom. The fourth-order valence-electron chi connectivity index (χ4n) is 3.02. The molecule has 1 saturated heterocycles. The molecule has 4 rings (SSSR count). The van der Waals surface area contributed by atoms with Gasteiger partial charge in [0.25, 0.3) is 5.91 Å². The summed E-state index contributed by atoms with van der Waals surface area (Å²) in [6.07, 6.45) is 1.85. The van der Waals surface area contributed by atoms with Gasteiger partial charge in [-0.1, -0.05) is 54.2 Å². The first-order chi connectivity index (χ1) is 13.2. The lowest BCUT2D eigenvalue weighted by atomic mass is 10.0. The average molecular weight is 380 g/mol. The summed E-state index contributed by atoms with van der Waals surface area (Å²) in [6.45, 7) is 0. The highest BCUT2D eigenvalue weighted by atomic mass is 32.2. The van der Waals surface area contributed by atoms with Crippen molar-refractivity contribution in [2.45, 2.75) is 5.50 Å². The van der Waals surface area contributed by atoms with Crippen LogP contribution < -0.4 is 15.4 Å². The third-order valence-corrected chi connectivity index (χ3v) is 5.34. The van der Waals surface area contributed by atoms with Crippen molar-refractivity contribution >= 4 is 40.2 Å². The first-order valence-corrected chi connectivity index (χ1v) is 9.30. The Balaban J connectivity index is 1.62. The molecule has 0 aliphatic carbocycles. The molecule has 2 N–H and O–H groups in total. The maximum Gasteiger partial charge on any atom is 0.260 e. The van der Waals surface area contributed by atoms with Gasteiger partial charge >= 0.3 is 0 Å².